The molecular formula is C10H6F3I. The van der Waals surface area contributed by atoms with Crippen LogP contribution in [0.4, 0.5) is 13.2 Å². The molecule has 1 rings (SSSR count). The number of hydrogen-bond donors (Lipinski definition) is 0. The van der Waals surface area contributed by atoms with Crippen LogP contribution in [0.5, 0.6) is 0 Å². The standard InChI is InChI=1S/C10H6F3I/c11-10(12,13)7-1-2-8-3-5-9(14)6-4-8/h3-6H,7H2. The Morgan fingerprint density at radius 2 is 1.71 bits per heavy atom. The van der Waals surface area contributed by atoms with Crippen LogP contribution in [0.1, 0.15) is 12.0 Å². The van der Waals surface area contributed by atoms with Gasteiger partial charge in [-0.2, -0.15) is 13.2 Å². The van der Waals surface area contributed by atoms with E-state index in [2.05, 4.69) is 34.4 Å². The summed E-state index contributed by atoms with van der Waals surface area (Å²) in [6.07, 6.45) is -5.25. The normalized spacial score (nSPS) is 10.6. The predicted molar refractivity (Wildman–Crippen MR) is 56.7 cm³/mol. The fraction of sp³-hybridized carbons (Fsp3) is 0.200. The minimum atomic E-state index is -4.20. The largest absolute Gasteiger partial charge is 0.399 e. The molecule has 74 valence electrons. The summed E-state index contributed by atoms with van der Waals surface area (Å²) in [6, 6.07) is 7.01. The molecule has 14 heavy (non-hydrogen) atoms. The molecule has 0 unspecified atom stereocenters. The van der Waals surface area contributed by atoms with Crippen molar-refractivity contribution in [2.24, 2.45) is 0 Å². The minimum Gasteiger partial charge on any atom is -0.170 e. The van der Waals surface area contributed by atoms with Crippen LogP contribution in [0.25, 0.3) is 0 Å². The fourth-order valence-corrected chi connectivity index (χ4v) is 1.14. The fourth-order valence-electron chi connectivity index (χ4n) is 0.780. The van der Waals surface area contributed by atoms with Crippen molar-refractivity contribution in [2.45, 2.75) is 12.6 Å². The van der Waals surface area contributed by atoms with Crippen LogP contribution in [0.2, 0.25) is 0 Å². The summed E-state index contributed by atoms with van der Waals surface area (Å²) in [7, 11) is 0. The number of hydrogen-bond acceptors (Lipinski definition) is 0. The molecule has 4 heteroatoms. The van der Waals surface area contributed by atoms with Gasteiger partial charge in [-0.1, -0.05) is 11.8 Å². The third-order valence-corrected chi connectivity index (χ3v) is 2.08. The van der Waals surface area contributed by atoms with Crippen LogP contribution in [-0.2, 0) is 0 Å². The van der Waals surface area contributed by atoms with E-state index in [1.807, 2.05) is 0 Å². The van der Waals surface area contributed by atoms with Crippen molar-refractivity contribution in [1.82, 2.24) is 0 Å². The molecular weight excluding hydrogens is 304 g/mol. The van der Waals surface area contributed by atoms with Gasteiger partial charge in [-0.25, -0.2) is 0 Å². The van der Waals surface area contributed by atoms with Crippen LogP contribution in [-0.4, -0.2) is 6.18 Å². The highest BCUT2D eigenvalue weighted by Crippen LogP contribution is 2.18. The molecule has 0 aliphatic carbocycles. The molecule has 0 radical (unpaired) electrons. The Morgan fingerprint density at radius 1 is 1.14 bits per heavy atom. The van der Waals surface area contributed by atoms with Gasteiger partial charge in [0.05, 0.1) is 0 Å². The molecule has 0 amide bonds. The van der Waals surface area contributed by atoms with Gasteiger partial charge in [0.15, 0.2) is 0 Å². The maximum Gasteiger partial charge on any atom is 0.399 e. The van der Waals surface area contributed by atoms with Gasteiger partial charge in [0, 0.05) is 9.13 Å². The van der Waals surface area contributed by atoms with Gasteiger partial charge in [0.2, 0.25) is 0 Å². The lowest BCUT2D eigenvalue weighted by atomic mass is 10.2. The summed E-state index contributed by atoms with van der Waals surface area (Å²) < 4.78 is 36.2. The van der Waals surface area contributed by atoms with Gasteiger partial charge in [-0.3, -0.25) is 0 Å². The van der Waals surface area contributed by atoms with E-state index in [0.717, 1.165) is 3.57 Å². The highest BCUT2D eigenvalue weighted by molar-refractivity contribution is 14.1. The number of benzene rings is 1. The molecule has 0 saturated heterocycles. The van der Waals surface area contributed by atoms with Gasteiger partial charge in [0.1, 0.15) is 6.42 Å². The van der Waals surface area contributed by atoms with Crippen molar-refractivity contribution in [3.8, 4) is 11.8 Å². The topological polar surface area (TPSA) is 0 Å². The summed E-state index contributed by atoms with van der Waals surface area (Å²) in [6.45, 7) is 0. The smallest absolute Gasteiger partial charge is 0.170 e. The van der Waals surface area contributed by atoms with E-state index < -0.39 is 12.6 Å². The second-order valence-corrected chi connectivity index (χ2v) is 3.85. The molecule has 0 N–H and O–H groups in total. The zero-order valence-corrected chi connectivity index (χ0v) is 9.19. The van der Waals surface area contributed by atoms with Crippen molar-refractivity contribution in [1.29, 1.82) is 0 Å². The maximum absolute atomic E-state index is 11.7. The van der Waals surface area contributed by atoms with E-state index in [-0.39, 0.29) is 0 Å². The Balaban J connectivity index is 2.64. The van der Waals surface area contributed by atoms with Crippen LogP contribution >= 0.6 is 22.6 Å². The van der Waals surface area contributed by atoms with Crippen molar-refractivity contribution in [3.05, 3.63) is 33.4 Å². The lowest BCUT2D eigenvalue weighted by Gasteiger charge is -1.97. The molecule has 1 aromatic carbocycles. The van der Waals surface area contributed by atoms with E-state index in [9.17, 15) is 13.2 Å². The second-order valence-electron chi connectivity index (χ2n) is 2.60. The quantitative estimate of drug-likeness (QED) is 0.507. The van der Waals surface area contributed by atoms with Crippen LogP contribution < -0.4 is 0 Å². The molecule has 0 aliphatic rings. The lowest BCUT2D eigenvalue weighted by molar-refractivity contribution is -0.123. The second kappa shape index (κ2) is 4.69. The molecule has 1 aromatic rings. The number of halogens is 4. The van der Waals surface area contributed by atoms with Crippen molar-refractivity contribution >= 4 is 22.6 Å². The van der Waals surface area contributed by atoms with Gasteiger partial charge in [-0.15, -0.1) is 0 Å². The Morgan fingerprint density at radius 3 is 2.21 bits per heavy atom. The number of alkyl halides is 3. The first-order valence-corrected chi connectivity index (χ1v) is 4.86. The first-order valence-electron chi connectivity index (χ1n) is 3.78. The molecule has 0 heterocycles. The first-order chi connectivity index (χ1) is 6.47. The Bertz CT molecular complexity index is 354. The third-order valence-electron chi connectivity index (χ3n) is 1.37. The Hall–Kier alpha value is -0.700. The average Bonchev–Trinajstić information content (AvgIpc) is 2.06. The van der Waals surface area contributed by atoms with Crippen molar-refractivity contribution < 1.29 is 13.2 Å². The van der Waals surface area contributed by atoms with Crippen LogP contribution in [0, 0.1) is 15.4 Å². The van der Waals surface area contributed by atoms with Crippen molar-refractivity contribution in [2.75, 3.05) is 0 Å². The minimum absolute atomic E-state index is 0.606. The van der Waals surface area contributed by atoms with E-state index in [1.165, 1.54) is 0 Å². The molecule has 0 saturated carbocycles. The molecule has 0 atom stereocenters. The SMILES string of the molecule is FC(F)(F)CC#Cc1ccc(I)cc1. The van der Waals surface area contributed by atoms with Gasteiger partial charge >= 0.3 is 6.18 Å². The lowest BCUT2D eigenvalue weighted by Crippen LogP contribution is -2.04. The van der Waals surface area contributed by atoms with Gasteiger partial charge < -0.3 is 0 Å². The van der Waals surface area contributed by atoms with E-state index in [4.69, 9.17) is 0 Å². The summed E-state index contributed by atoms with van der Waals surface area (Å²) in [5.41, 5.74) is 0.606. The molecule has 0 aliphatic heterocycles. The van der Waals surface area contributed by atoms with Crippen molar-refractivity contribution in [3.63, 3.8) is 0 Å². The average molecular weight is 310 g/mol. The van der Waals surface area contributed by atoms with Gasteiger partial charge in [0.25, 0.3) is 0 Å². The van der Waals surface area contributed by atoms with Gasteiger partial charge in [-0.05, 0) is 46.9 Å². The molecule has 0 bridgehead atoms. The third kappa shape index (κ3) is 4.51. The zero-order valence-electron chi connectivity index (χ0n) is 7.03. The molecule has 0 nitrogen and oxygen atoms in total. The van der Waals surface area contributed by atoms with E-state index in [1.54, 1.807) is 24.3 Å². The summed E-state index contributed by atoms with van der Waals surface area (Å²) in [4.78, 5) is 0. The van der Waals surface area contributed by atoms with Crippen LogP contribution in [0.3, 0.4) is 0 Å². The number of rotatable bonds is 0. The monoisotopic (exact) mass is 310 g/mol. The predicted octanol–water partition coefficient (Wildman–Crippen LogP) is 3.60. The summed E-state index contributed by atoms with van der Waals surface area (Å²) >= 11 is 2.12. The summed E-state index contributed by atoms with van der Waals surface area (Å²) in [5, 5.41) is 0. The van der Waals surface area contributed by atoms with Crippen LogP contribution in [0.15, 0.2) is 24.3 Å². The zero-order chi connectivity index (χ0) is 10.6. The van der Waals surface area contributed by atoms with E-state index >= 15 is 0 Å². The summed E-state index contributed by atoms with van der Waals surface area (Å²) in [5.74, 6) is 4.54. The van der Waals surface area contributed by atoms with E-state index in [0.29, 0.717) is 5.56 Å². The maximum atomic E-state index is 11.7. The highest BCUT2D eigenvalue weighted by Gasteiger charge is 2.25. The molecule has 0 fully saturated rings. The molecule has 0 aromatic heterocycles. The Labute approximate surface area is 93.6 Å². The molecule has 0 spiro atoms. The first kappa shape index (κ1) is 11.4. The highest BCUT2D eigenvalue weighted by atomic mass is 127. The Kier molecular flexibility index (Phi) is 3.81.